The Bertz CT molecular complexity index is 192. The molecule has 0 bridgehead atoms. The molecule has 2 N–H and O–H groups in total. The molecule has 0 radical (unpaired) electrons. The third kappa shape index (κ3) is 4.43. The highest BCUT2D eigenvalue weighted by molar-refractivity contribution is 5.68. The molecule has 0 aliphatic rings. The van der Waals surface area contributed by atoms with Gasteiger partial charge in [-0.3, -0.25) is 4.79 Å². The molecule has 0 amide bonds. The molecule has 0 saturated carbocycles. The minimum atomic E-state index is -4.92. The Morgan fingerprint density at radius 3 is 2.29 bits per heavy atom. The monoisotopic (exact) mass is 216 g/mol. The van der Waals surface area contributed by atoms with E-state index in [0.717, 1.165) is 0 Å². The minimum absolute atomic E-state index is 0.00513. The van der Waals surface area contributed by atoms with Crippen molar-refractivity contribution < 1.29 is 32.9 Å². The number of carbonyl (C=O) groups excluding carboxylic acids is 1. The van der Waals surface area contributed by atoms with Gasteiger partial charge in [-0.25, -0.2) is 0 Å². The summed E-state index contributed by atoms with van der Waals surface area (Å²) in [5.41, 5.74) is 0. The van der Waals surface area contributed by atoms with Gasteiger partial charge in [-0.2, -0.15) is 13.2 Å². The van der Waals surface area contributed by atoms with Gasteiger partial charge in [0.25, 0.3) is 0 Å². The lowest BCUT2D eigenvalue weighted by Gasteiger charge is -2.19. The number of aliphatic hydroxyl groups is 2. The van der Waals surface area contributed by atoms with Crippen LogP contribution < -0.4 is 0 Å². The second kappa shape index (κ2) is 5.16. The number of ether oxygens (including phenoxy) is 1. The highest BCUT2D eigenvalue weighted by Crippen LogP contribution is 2.22. The van der Waals surface area contributed by atoms with Crippen LogP contribution in [0.2, 0.25) is 0 Å². The second-order valence-corrected chi connectivity index (χ2v) is 2.59. The Hall–Kier alpha value is -0.820. The number of hydrogen-bond acceptors (Lipinski definition) is 4. The van der Waals surface area contributed by atoms with Gasteiger partial charge in [0, 0.05) is 6.42 Å². The highest BCUT2D eigenvalue weighted by atomic mass is 19.4. The standard InChI is InChI=1S/C7H11F3O4/c1-2-5(12)14-3-4(11)6(13)7(8,9)10/h4,6,11,13H,2-3H2,1H3/t4-,6+/m0/s1. The van der Waals surface area contributed by atoms with Crippen LogP contribution in [0, 0.1) is 0 Å². The summed E-state index contributed by atoms with van der Waals surface area (Å²) in [6, 6.07) is 0. The van der Waals surface area contributed by atoms with Crippen molar-refractivity contribution in [3.8, 4) is 0 Å². The van der Waals surface area contributed by atoms with Crippen molar-refractivity contribution in [3.63, 3.8) is 0 Å². The van der Waals surface area contributed by atoms with Gasteiger partial charge in [0.2, 0.25) is 0 Å². The minimum Gasteiger partial charge on any atom is -0.463 e. The summed E-state index contributed by atoms with van der Waals surface area (Å²) in [4.78, 5) is 10.5. The van der Waals surface area contributed by atoms with E-state index >= 15 is 0 Å². The van der Waals surface area contributed by atoms with Crippen LogP contribution in [-0.2, 0) is 9.53 Å². The van der Waals surface area contributed by atoms with Gasteiger partial charge in [-0.1, -0.05) is 6.92 Å². The summed E-state index contributed by atoms with van der Waals surface area (Å²) >= 11 is 0. The third-order valence-electron chi connectivity index (χ3n) is 1.40. The zero-order valence-corrected chi connectivity index (χ0v) is 7.41. The van der Waals surface area contributed by atoms with Crippen LogP contribution in [0.5, 0.6) is 0 Å². The molecule has 0 aromatic heterocycles. The lowest BCUT2D eigenvalue weighted by atomic mass is 10.2. The highest BCUT2D eigenvalue weighted by Gasteiger charge is 2.43. The summed E-state index contributed by atoms with van der Waals surface area (Å²) in [6.45, 7) is 0.586. The summed E-state index contributed by atoms with van der Waals surface area (Å²) < 4.78 is 39.5. The van der Waals surface area contributed by atoms with E-state index in [0.29, 0.717) is 0 Å². The maximum absolute atomic E-state index is 11.8. The Morgan fingerprint density at radius 1 is 1.43 bits per heavy atom. The van der Waals surface area contributed by atoms with Gasteiger partial charge in [0.15, 0.2) is 6.10 Å². The molecule has 0 aliphatic carbocycles. The zero-order valence-electron chi connectivity index (χ0n) is 7.41. The zero-order chi connectivity index (χ0) is 11.4. The van der Waals surface area contributed by atoms with Gasteiger partial charge in [0.1, 0.15) is 12.7 Å². The smallest absolute Gasteiger partial charge is 0.417 e. The van der Waals surface area contributed by atoms with Crippen molar-refractivity contribution in [2.45, 2.75) is 31.7 Å². The molecule has 0 spiro atoms. The van der Waals surface area contributed by atoms with E-state index in [-0.39, 0.29) is 6.42 Å². The molecule has 0 saturated heterocycles. The Balaban J connectivity index is 3.96. The first kappa shape index (κ1) is 13.2. The maximum Gasteiger partial charge on any atom is 0.417 e. The van der Waals surface area contributed by atoms with Crippen molar-refractivity contribution in [1.29, 1.82) is 0 Å². The Morgan fingerprint density at radius 2 is 1.93 bits per heavy atom. The molecule has 0 fully saturated rings. The number of alkyl halides is 3. The molecular formula is C7H11F3O4. The molecule has 84 valence electrons. The SMILES string of the molecule is CCC(=O)OC[C@H](O)[C@@H](O)C(F)(F)F. The molecule has 0 aromatic rings. The van der Waals surface area contributed by atoms with Crippen LogP contribution in [0.3, 0.4) is 0 Å². The van der Waals surface area contributed by atoms with Crippen molar-refractivity contribution in [2.24, 2.45) is 0 Å². The van der Waals surface area contributed by atoms with E-state index in [1.54, 1.807) is 0 Å². The predicted molar refractivity (Wildman–Crippen MR) is 39.3 cm³/mol. The van der Waals surface area contributed by atoms with Gasteiger partial charge in [0.05, 0.1) is 0 Å². The fourth-order valence-electron chi connectivity index (χ4n) is 0.590. The number of aliphatic hydroxyl groups excluding tert-OH is 2. The van der Waals surface area contributed by atoms with Crippen molar-refractivity contribution in [3.05, 3.63) is 0 Å². The van der Waals surface area contributed by atoms with Crippen LogP contribution >= 0.6 is 0 Å². The first-order valence-electron chi connectivity index (χ1n) is 3.87. The molecule has 0 rings (SSSR count). The molecule has 0 heterocycles. The van der Waals surface area contributed by atoms with E-state index in [4.69, 9.17) is 10.2 Å². The average Bonchev–Trinajstić information content (AvgIpc) is 2.10. The van der Waals surface area contributed by atoms with Gasteiger partial charge < -0.3 is 14.9 Å². The fraction of sp³-hybridized carbons (Fsp3) is 0.857. The van der Waals surface area contributed by atoms with E-state index in [1.165, 1.54) is 6.92 Å². The third-order valence-corrected chi connectivity index (χ3v) is 1.40. The van der Waals surface area contributed by atoms with Crippen LogP contribution in [0.4, 0.5) is 13.2 Å². The molecule has 0 aliphatic heterocycles. The van der Waals surface area contributed by atoms with Crippen molar-refractivity contribution in [1.82, 2.24) is 0 Å². The van der Waals surface area contributed by atoms with E-state index < -0.39 is 31.0 Å². The van der Waals surface area contributed by atoms with E-state index in [9.17, 15) is 18.0 Å². The molecule has 7 heteroatoms. The van der Waals surface area contributed by atoms with Gasteiger partial charge in [-0.15, -0.1) is 0 Å². The van der Waals surface area contributed by atoms with Crippen LogP contribution in [0.1, 0.15) is 13.3 Å². The molecule has 2 atom stereocenters. The predicted octanol–water partition coefficient (Wildman–Crippen LogP) is 0.224. The van der Waals surface area contributed by atoms with E-state index in [1.807, 2.05) is 0 Å². The molecular weight excluding hydrogens is 205 g/mol. The quantitative estimate of drug-likeness (QED) is 0.660. The summed E-state index contributed by atoms with van der Waals surface area (Å²) in [6.07, 6.45) is -9.97. The normalized spacial score (nSPS) is 16.1. The number of halogens is 3. The first-order chi connectivity index (χ1) is 6.29. The Kier molecular flexibility index (Phi) is 4.86. The molecule has 4 nitrogen and oxygen atoms in total. The number of carbonyl (C=O) groups is 1. The van der Waals surface area contributed by atoms with E-state index in [2.05, 4.69) is 4.74 Å². The molecule has 14 heavy (non-hydrogen) atoms. The largest absolute Gasteiger partial charge is 0.463 e. The van der Waals surface area contributed by atoms with Crippen LogP contribution in [-0.4, -0.2) is 41.2 Å². The number of rotatable bonds is 4. The number of esters is 1. The van der Waals surface area contributed by atoms with Gasteiger partial charge >= 0.3 is 12.1 Å². The van der Waals surface area contributed by atoms with Crippen LogP contribution in [0.15, 0.2) is 0 Å². The summed E-state index contributed by atoms with van der Waals surface area (Å²) in [5.74, 6) is -0.738. The molecule has 0 unspecified atom stereocenters. The maximum atomic E-state index is 11.8. The lowest BCUT2D eigenvalue weighted by Crippen LogP contribution is -2.42. The summed E-state index contributed by atoms with van der Waals surface area (Å²) in [5, 5.41) is 17.2. The summed E-state index contributed by atoms with van der Waals surface area (Å²) in [7, 11) is 0. The number of hydrogen-bond donors (Lipinski definition) is 2. The Labute approximate surface area is 78.3 Å². The average molecular weight is 216 g/mol. The second-order valence-electron chi connectivity index (χ2n) is 2.59. The first-order valence-corrected chi connectivity index (χ1v) is 3.87. The molecule has 0 aromatic carbocycles. The van der Waals surface area contributed by atoms with Crippen molar-refractivity contribution in [2.75, 3.05) is 6.61 Å². The topological polar surface area (TPSA) is 66.8 Å². The lowest BCUT2D eigenvalue weighted by molar-refractivity contribution is -0.235. The van der Waals surface area contributed by atoms with Crippen LogP contribution in [0.25, 0.3) is 0 Å². The van der Waals surface area contributed by atoms with Crippen molar-refractivity contribution >= 4 is 5.97 Å². The fourth-order valence-corrected chi connectivity index (χ4v) is 0.590. The van der Waals surface area contributed by atoms with Gasteiger partial charge in [-0.05, 0) is 0 Å².